The molecule has 3 rings (SSSR count). The van der Waals surface area contributed by atoms with E-state index in [-0.39, 0.29) is 29.1 Å². The Morgan fingerprint density at radius 1 is 1.09 bits per heavy atom. The lowest BCUT2D eigenvalue weighted by Crippen LogP contribution is -2.35. The number of benzene rings is 1. The van der Waals surface area contributed by atoms with Crippen LogP contribution in [0.25, 0.3) is 0 Å². The lowest BCUT2D eigenvalue weighted by molar-refractivity contribution is -0.126. The highest BCUT2D eigenvalue weighted by atomic mass is 32.2. The van der Waals surface area contributed by atoms with Crippen LogP contribution in [0.1, 0.15) is 11.1 Å². The zero-order valence-electron chi connectivity index (χ0n) is 12.1. The SMILES string of the molecule is Cc1cc(S(=O)(=O)N2C[C@@H]3C(=O)NC(=O)[C@@H]3C2)cc(C)c1F. The van der Waals surface area contributed by atoms with Crippen LogP contribution < -0.4 is 5.32 Å². The van der Waals surface area contributed by atoms with Gasteiger partial charge in [0.15, 0.2) is 0 Å². The average Bonchev–Trinajstić information content (AvgIpc) is 2.99. The number of halogens is 1. The fourth-order valence-electron chi connectivity index (χ4n) is 3.01. The molecule has 1 aromatic carbocycles. The predicted molar refractivity (Wildman–Crippen MR) is 74.8 cm³/mol. The third-order valence-corrected chi connectivity index (χ3v) is 6.06. The number of nitrogens with one attached hydrogen (secondary N) is 1. The number of carbonyl (C=O) groups excluding carboxylic acids is 2. The normalized spacial score (nSPS) is 25.4. The molecule has 0 aromatic heterocycles. The molecule has 22 heavy (non-hydrogen) atoms. The second-order valence-corrected chi connectivity index (χ2v) is 7.70. The largest absolute Gasteiger partial charge is 0.296 e. The summed E-state index contributed by atoms with van der Waals surface area (Å²) < 4.78 is 40.1. The standard InChI is InChI=1S/C14H15FN2O4S/c1-7-3-9(4-8(2)12(7)15)22(20,21)17-5-10-11(6-17)14(19)16-13(10)18/h3-4,10-11H,5-6H2,1-2H3,(H,16,18,19)/t10-,11+. The number of fused-ring (bicyclic) bond motifs is 1. The van der Waals surface area contributed by atoms with Crippen LogP contribution in [-0.2, 0) is 19.6 Å². The molecule has 2 aliphatic heterocycles. The molecule has 2 saturated heterocycles. The molecular weight excluding hydrogens is 311 g/mol. The topological polar surface area (TPSA) is 83.6 Å². The van der Waals surface area contributed by atoms with Crippen molar-refractivity contribution in [2.24, 2.45) is 11.8 Å². The van der Waals surface area contributed by atoms with Crippen molar-refractivity contribution in [2.45, 2.75) is 18.7 Å². The van der Waals surface area contributed by atoms with Crippen LogP contribution in [0.2, 0.25) is 0 Å². The Balaban J connectivity index is 1.95. The molecule has 2 fully saturated rings. The van der Waals surface area contributed by atoms with Gasteiger partial charge in [0.05, 0.1) is 16.7 Å². The Morgan fingerprint density at radius 2 is 1.55 bits per heavy atom. The van der Waals surface area contributed by atoms with E-state index in [0.717, 1.165) is 4.31 Å². The Morgan fingerprint density at radius 3 is 2.00 bits per heavy atom. The molecule has 118 valence electrons. The molecule has 0 saturated carbocycles. The number of imide groups is 1. The quantitative estimate of drug-likeness (QED) is 0.794. The maximum atomic E-state index is 13.7. The number of aryl methyl sites for hydroxylation is 2. The zero-order valence-corrected chi connectivity index (χ0v) is 12.9. The molecule has 1 N–H and O–H groups in total. The zero-order chi connectivity index (χ0) is 16.2. The number of sulfonamides is 1. The summed E-state index contributed by atoms with van der Waals surface area (Å²) in [6.45, 7) is 2.94. The summed E-state index contributed by atoms with van der Waals surface area (Å²) in [6, 6.07) is 2.54. The highest BCUT2D eigenvalue weighted by molar-refractivity contribution is 7.89. The molecule has 2 amide bonds. The minimum absolute atomic E-state index is 0.0169. The fourth-order valence-corrected chi connectivity index (χ4v) is 4.67. The minimum atomic E-state index is -3.85. The number of carbonyl (C=O) groups is 2. The third kappa shape index (κ3) is 2.14. The number of amides is 2. The molecule has 2 heterocycles. The van der Waals surface area contributed by atoms with Crippen molar-refractivity contribution in [3.8, 4) is 0 Å². The van der Waals surface area contributed by atoms with Crippen LogP contribution in [0.3, 0.4) is 0 Å². The maximum Gasteiger partial charge on any atom is 0.243 e. The minimum Gasteiger partial charge on any atom is -0.296 e. The highest BCUT2D eigenvalue weighted by Crippen LogP contribution is 2.32. The Labute approximate surface area is 127 Å². The molecular formula is C14H15FN2O4S. The van der Waals surface area contributed by atoms with Gasteiger partial charge in [0.2, 0.25) is 21.8 Å². The molecule has 0 aliphatic carbocycles. The average molecular weight is 326 g/mol. The highest BCUT2D eigenvalue weighted by Gasteiger charge is 2.50. The Hall–Kier alpha value is -1.80. The molecule has 2 atom stereocenters. The second-order valence-electron chi connectivity index (χ2n) is 5.76. The van der Waals surface area contributed by atoms with E-state index in [1.165, 1.54) is 26.0 Å². The smallest absolute Gasteiger partial charge is 0.243 e. The maximum absolute atomic E-state index is 13.7. The summed E-state index contributed by atoms with van der Waals surface area (Å²) in [5.41, 5.74) is 0.485. The van der Waals surface area contributed by atoms with Crippen LogP contribution >= 0.6 is 0 Å². The van der Waals surface area contributed by atoms with E-state index in [1.54, 1.807) is 0 Å². The van der Waals surface area contributed by atoms with Crippen LogP contribution in [0.5, 0.6) is 0 Å². The lowest BCUT2D eigenvalue weighted by atomic mass is 10.00. The summed E-state index contributed by atoms with van der Waals surface area (Å²) in [4.78, 5) is 23.2. The van der Waals surface area contributed by atoms with Crippen LogP contribution in [0.4, 0.5) is 4.39 Å². The first-order valence-corrected chi connectivity index (χ1v) is 8.27. The van der Waals surface area contributed by atoms with Gasteiger partial charge < -0.3 is 0 Å². The predicted octanol–water partition coefficient (Wildman–Crippen LogP) is 0.336. The summed E-state index contributed by atoms with van der Waals surface area (Å²) in [6.07, 6.45) is 0. The molecule has 1 aromatic rings. The van der Waals surface area contributed by atoms with Gasteiger partial charge >= 0.3 is 0 Å². The molecule has 0 bridgehead atoms. The summed E-state index contributed by atoms with van der Waals surface area (Å²) >= 11 is 0. The van der Waals surface area contributed by atoms with Crippen molar-refractivity contribution in [1.82, 2.24) is 9.62 Å². The van der Waals surface area contributed by atoms with Crippen LogP contribution in [-0.4, -0.2) is 37.6 Å². The van der Waals surface area contributed by atoms with Gasteiger partial charge in [0, 0.05) is 13.1 Å². The monoisotopic (exact) mass is 326 g/mol. The van der Waals surface area contributed by atoms with E-state index in [9.17, 15) is 22.4 Å². The van der Waals surface area contributed by atoms with Gasteiger partial charge in [0.25, 0.3) is 0 Å². The number of rotatable bonds is 2. The van der Waals surface area contributed by atoms with Crippen molar-refractivity contribution >= 4 is 21.8 Å². The van der Waals surface area contributed by atoms with Gasteiger partial charge in [-0.1, -0.05) is 0 Å². The number of hydrogen-bond donors (Lipinski definition) is 1. The van der Waals surface area contributed by atoms with Crippen molar-refractivity contribution in [3.63, 3.8) is 0 Å². The lowest BCUT2D eigenvalue weighted by Gasteiger charge is -2.18. The Bertz CT molecular complexity index is 745. The summed E-state index contributed by atoms with van der Waals surface area (Å²) in [5, 5.41) is 2.21. The van der Waals surface area contributed by atoms with Crippen molar-refractivity contribution < 1.29 is 22.4 Å². The molecule has 8 heteroatoms. The first-order valence-electron chi connectivity index (χ1n) is 6.83. The fraction of sp³-hybridized carbons (Fsp3) is 0.429. The molecule has 0 unspecified atom stereocenters. The van der Waals surface area contributed by atoms with Gasteiger partial charge in [0.1, 0.15) is 5.82 Å². The first-order chi connectivity index (χ1) is 10.2. The summed E-state index contributed by atoms with van der Waals surface area (Å²) in [7, 11) is -3.85. The van der Waals surface area contributed by atoms with E-state index in [2.05, 4.69) is 5.32 Å². The first kappa shape index (κ1) is 15.1. The van der Waals surface area contributed by atoms with Gasteiger partial charge in [-0.15, -0.1) is 0 Å². The van der Waals surface area contributed by atoms with E-state index in [1.807, 2.05) is 0 Å². The summed E-state index contributed by atoms with van der Waals surface area (Å²) in [5.74, 6) is -2.57. The molecule has 2 aliphatic rings. The number of nitrogens with zero attached hydrogens (tertiary/aromatic N) is 1. The van der Waals surface area contributed by atoms with Crippen molar-refractivity contribution in [3.05, 3.63) is 29.1 Å². The van der Waals surface area contributed by atoms with Crippen LogP contribution in [0, 0.1) is 31.5 Å². The van der Waals surface area contributed by atoms with E-state index in [0.29, 0.717) is 0 Å². The van der Waals surface area contributed by atoms with E-state index in [4.69, 9.17) is 0 Å². The van der Waals surface area contributed by atoms with Crippen molar-refractivity contribution in [1.29, 1.82) is 0 Å². The number of hydrogen-bond acceptors (Lipinski definition) is 4. The second kappa shape index (κ2) is 4.85. The Kier molecular flexibility index (Phi) is 3.33. The molecule has 0 radical (unpaired) electrons. The van der Waals surface area contributed by atoms with Gasteiger partial charge in [-0.3, -0.25) is 14.9 Å². The van der Waals surface area contributed by atoms with Crippen molar-refractivity contribution in [2.75, 3.05) is 13.1 Å². The van der Waals surface area contributed by atoms with E-state index < -0.39 is 39.5 Å². The van der Waals surface area contributed by atoms with Crippen LogP contribution in [0.15, 0.2) is 17.0 Å². The third-order valence-electron chi connectivity index (χ3n) is 4.25. The van der Waals surface area contributed by atoms with E-state index >= 15 is 0 Å². The molecule has 0 spiro atoms. The van der Waals surface area contributed by atoms with Gasteiger partial charge in [-0.05, 0) is 37.1 Å². The van der Waals surface area contributed by atoms with Gasteiger partial charge in [-0.25, -0.2) is 12.8 Å². The molecule has 6 nitrogen and oxygen atoms in total. The van der Waals surface area contributed by atoms with Gasteiger partial charge in [-0.2, -0.15) is 4.31 Å².